The van der Waals surface area contributed by atoms with Crippen molar-refractivity contribution >= 4 is 35.4 Å². The van der Waals surface area contributed by atoms with Crippen LogP contribution in [0, 0.1) is 0 Å². The average molecular weight is 382 g/mol. The molecule has 0 spiro atoms. The maximum Gasteiger partial charge on any atom is 0.407 e. The van der Waals surface area contributed by atoms with Crippen LogP contribution < -0.4 is 10.6 Å². The third-order valence-electron chi connectivity index (χ3n) is 3.69. The molecule has 1 aromatic carbocycles. The van der Waals surface area contributed by atoms with Gasteiger partial charge in [-0.1, -0.05) is 0 Å². The number of fused-ring (bicyclic) bond motifs is 1. The molecule has 0 bridgehead atoms. The first-order valence-corrected chi connectivity index (χ1v) is 8.67. The van der Waals surface area contributed by atoms with Crippen LogP contribution in [0.15, 0.2) is 18.2 Å². The standard InChI is InChI=1S/C17H20ClN3O5/c1-10(2)21-15(23)12-4-3-11(9-13(12)16(21)24)14(22)19-6-7-20-17(25)26-8-5-18/h3-4,9-10H,5-8H2,1-2H3,(H,19,22)(H,20,25). The fraction of sp³-hybridized carbons (Fsp3) is 0.412. The van der Waals surface area contributed by atoms with Gasteiger partial charge in [0.25, 0.3) is 17.7 Å². The van der Waals surface area contributed by atoms with E-state index in [1.54, 1.807) is 13.8 Å². The molecule has 0 radical (unpaired) electrons. The molecule has 8 nitrogen and oxygen atoms in total. The van der Waals surface area contributed by atoms with Gasteiger partial charge in [0, 0.05) is 24.7 Å². The number of carbonyl (C=O) groups is 4. The van der Waals surface area contributed by atoms with E-state index in [2.05, 4.69) is 10.6 Å². The number of amides is 4. The van der Waals surface area contributed by atoms with Crippen LogP contribution >= 0.6 is 11.6 Å². The summed E-state index contributed by atoms with van der Waals surface area (Å²) in [5.41, 5.74) is 0.781. The Morgan fingerprint density at radius 3 is 2.42 bits per heavy atom. The number of hydrogen-bond donors (Lipinski definition) is 2. The fourth-order valence-corrected chi connectivity index (χ4v) is 2.57. The summed E-state index contributed by atoms with van der Waals surface area (Å²) in [6.07, 6.45) is -0.615. The summed E-state index contributed by atoms with van der Waals surface area (Å²) >= 11 is 5.39. The smallest absolute Gasteiger partial charge is 0.407 e. The lowest BCUT2D eigenvalue weighted by molar-refractivity contribution is 0.0608. The second-order valence-corrected chi connectivity index (χ2v) is 6.22. The zero-order valence-corrected chi connectivity index (χ0v) is 15.3. The van der Waals surface area contributed by atoms with Crippen molar-refractivity contribution in [1.29, 1.82) is 0 Å². The molecule has 2 N–H and O–H groups in total. The Hall–Kier alpha value is -2.61. The predicted molar refractivity (Wildman–Crippen MR) is 94.5 cm³/mol. The van der Waals surface area contributed by atoms with Crippen molar-refractivity contribution in [2.45, 2.75) is 19.9 Å². The van der Waals surface area contributed by atoms with Gasteiger partial charge in [-0.3, -0.25) is 19.3 Å². The minimum absolute atomic E-state index is 0.106. The SMILES string of the molecule is CC(C)N1C(=O)c2ccc(C(=O)NCCNC(=O)OCCCl)cc2C1=O. The van der Waals surface area contributed by atoms with E-state index < -0.39 is 17.9 Å². The number of rotatable bonds is 7. The molecule has 0 fully saturated rings. The van der Waals surface area contributed by atoms with Gasteiger partial charge in [-0.2, -0.15) is 0 Å². The summed E-state index contributed by atoms with van der Waals surface area (Å²) in [5, 5.41) is 5.07. The van der Waals surface area contributed by atoms with E-state index >= 15 is 0 Å². The van der Waals surface area contributed by atoms with Gasteiger partial charge >= 0.3 is 6.09 Å². The van der Waals surface area contributed by atoms with Crippen molar-refractivity contribution in [2.75, 3.05) is 25.6 Å². The zero-order chi connectivity index (χ0) is 19.3. The summed E-state index contributed by atoms with van der Waals surface area (Å²) < 4.78 is 4.72. The number of nitrogens with zero attached hydrogens (tertiary/aromatic N) is 1. The summed E-state index contributed by atoms with van der Waals surface area (Å²) in [5.74, 6) is -0.963. The highest BCUT2D eigenvalue weighted by atomic mass is 35.5. The number of alkyl carbamates (subject to hydrolysis) is 1. The number of benzene rings is 1. The molecular weight excluding hydrogens is 362 g/mol. The number of halogens is 1. The second kappa shape index (κ2) is 8.66. The number of nitrogens with one attached hydrogen (secondary N) is 2. The summed E-state index contributed by atoms with van der Waals surface area (Å²) in [4.78, 5) is 49.1. The van der Waals surface area contributed by atoms with Crippen LogP contribution in [-0.2, 0) is 4.74 Å². The number of carbonyl (C=O) groups excluding carboxylic acids is 4. The molecule has 4 amide bonds. The van der Waals surface area contributed by atoms with Gasteiger partial charge in [-0.05, 0) is 32.0 Å². The monoisotopic (exact) mass is 381 g/mol. The lowest BCUT2D eigenvalue weighted by atomic mass is 10.1. The van der Waals surface area contributed by atoms with Crippen LogP contribution in [0.25, 0.3) is 0 Å². The van der Waals surface area contributed by atoms with Crippen molar-refractivity contribution in [2.24, 2.45) is 0 Å². The van der Waals surface area contributed by atoms with Gasteiger partial charge in [-0.25, -0.2) is 4.79 Å². The Morgan fingerprint density at radius 1 is 1.12 bits per heavy atom. The third kappa shape index (κ3) is 4.32. The summed E-state index contributed by atoms with van der Waals surface area (Å²) in [7, 11) is 0. The molecule has 0 unspecified atom stereocenters. The molecule has 1 heterocycles. The highest BCUT2D eigenvalue weighted by Crippen LogP contribution is 2.25. The van der Waals surface area contributed by atoms with Crippen LogP contribution in [0.1, 0.15) is 44.9 Å². The van der Waals surface area contributed by atoms with E-state index in [0.29, 0.717) is 5.56 Å². The molecule has 0 aliphatic carbocycles. The highest BCUT2D eigenvalue weighted by molar-refractivity contribution is 6.22. The minimum Gasteiger partial charge on any atom is -0.448 e. The number of ether oxygens (including phenoxy) is 1. The fourth-order valence-electron chi connectivity index (χ4n) is 2.49. The van der Waals surface area contributed by atoms with Crippen LogP contribution in [0.5, 0.6) is 0 Å². The first-order chi connectivity index (χ1) is 12.4. The van der Waals surface area contributed by atoms with E-state index in [-0.39, 0.29) is 48.7 Å². The van der Waals surface area contributed by atoms with Gasteiger partial charge in [0.2, 0.25) is 0 Å². The molecule has 1 aliphatic heterocycles. The molecule has 0 aromatic heterocycles. The van der Waals surface area contributed by atoms with Crippen LogP contribution in [0.2, 0.25) is 0 Å². The molecule has 1 aliphatic rings. The summed E-state index contributed by atoms with van der Waals surface area (Å²) in [6, 6.07) is 4.12. The quantitative estimate of drug-likeness (QED) is 0.422. The van der Waals surface area contributed by atoms with Gasteiger partial charge in [0.15, 0.2) is 0 Å². The largest absolute Gasteiger partial charge is 0.448 e. The van der Waals surface area contributed by atoms with E-state index in [4.69, 9.17) is 16.3 Å². The Balaban J connectivity index is 1.93. The van der Waals surface area contributed by atoms with Crippen molar-refractivity contribution in [1.82, 2.24) is 15.5 Å². The molecule has 0 saturated carbocycles. The maximum atomic E-state index is 12.3. The molecular formula is C17H20ClN3O5. The van der Waals surface area contributed by atoms with Gasteiger partial charge < -0.3 is 15.4 Å². The zero-order valence-electron chi connectivity index (χ0n) is 14.5. The second-order valence-electron chi connectivity index (χ2n) is 5.84. The van der Waals surface area contributed by atoms with E-state index in [0.717, 1.165) is 0 Å². The Morgan fingerprint density at radius 2 is 1.77 bits per heavy atom. The van der Waals surface area contributed by atoms with E-state index in [9.17, 15) is 19.2 Å². The third-order valence-corrected chi connectivity index (χ3v) is 3.84. The normalized spacial score (nSPS) is 13.0. The van der Waals surface area contributed by atoms with Crippen LogP contribution in [0.3, 0.4) is 0 Å². The van der Waals surface area contributed by atoms with Gasteiger partial charge in [0.05, 0.1) is 17.0 Å². The molecule has 9 heteroatoms. The molecule has 0 saturated heterocycles. The van der Waals surface area contributed by atoms with Crippen LogP contribution in [0.4, 0.5) is 4.79 Å². The van der Waals surface area contributed by atoms with Crippen molar-refractivity contribution in [3.63, 3.8) is 0 Å². The van der Waals surface area contributed by atoms with Crippen LogP contribution in [-0.4, -0.2) is 60.3 Å². The number of imide groups is 1. The average Bonchev–Trinajstić information content (AvgIpc) is 2.87. The van der Waals surface area contributed by atoms with Gasteiger partial charge in [0.1, 0.15) is 6.61 Å². The molecule has 1 aromatic rings. The predicted octanol–water partition coefficient (Wildman–Crippen LogP) is 1.39. The van der Waals surface area contributed by atoms with Crippen molar-refractivity contribution < 1.29 is 23.9 Å². The topological polar surface area (TPSA) is 105 Å². The Kier molecular flexibility index (Phi) is 6.57. The Labute approximate surface area is 155 Å². The molecule has 2 rings (SSSR count). The molecule has 26 heavy (non-hydrogen) atoms. The highest BCUT2D eigenvalue weighted by Gasteiger charge is 2.37. The van der Waals surface area contributed by atoms with Gasteiger partial charge in [-0.15, -0.1) is 11.6 Å². The Bertz CT molecular complexity index is 735. The number of hydrogen-bond acceptors (Lipinski definition) is 5. The maximum absolute atomic E-state index is 12.3. The number of alkyl halides is 1. The molecule has 140 valence electrons. The lowest BCUT2D eigenvalue weighted by Crippen LogP contribution is -2.36. The molecule has 0 atom stereocenters. The first-order valence-electron chi connectivity index (χ1n) is 8.13. The van der Waals surface area contributed by atoms with E-state index in [1.807, 2.05) is 0 Å². The lowest BCUT2D eigenvalue weighted by Gasteiger charge is -2.17. The minimum atomic E-state index is -0.615. The first kappa shape index (κ1) is 19.7. The van der Waals surface area contributed by atoms with E-state index in [1.165, 1.54) is 23.1 Å². The van der Waals surface area contributed by atoms with Crippen molar-refractivity contribution in [3.8, 4) is 0 Å². The summed E-state index contributed by atoms with van der Waals surface area (Å²) in [6.45, 7) is 3.96. The van der Waals surface area contributed by atoms with Crippen molar-refractivity contribution in [3.05, 3.63) is 34.9 Å².